The summed E-state index contributed by atoms with van der Waals surface area (Å²) in [4.78, 5) is 8.06. The van der Waals surface area contributed by atoms with E-state index in [4.69, 9.17) is 17.3 Å². The van der Waals surface area contributed by atoms with Gasteiger partial charge in [-0.3, -0.25) is 4.98 Å². The predicted octanol–water partition coefficient (Wildman–Crippen LogP) is 2.02. The smallest absolute Gasteiger partial charge is 0.128 e. The van der Waals surface area contributed by atoms with Crippen LogP contribution in [-0.4, -0.2) is 17.0 Å². The Bertz CT molecular complexity index is 501. The van der Waals surface area contributed by atoms with Crippen LogP contribution in [0.1, 0.15) is 17.2 Å². The minimum Gasteiger partial charge on any atom is -0.383 e. The Hall–Kier alpha value is -1.65. The normalized spacial score (nSPS) is 12.4. The van der Waals surface area contributed by atoms with Gasteiger partial charge in [0, 0.05) is 24.2 Å². The molecule has 0 aliphatic rings. The summed E-state index contributed by atoms with van der Waals surface area (Å²) in [7, 11) is 1.87. The van der Waals surface area contributed by atoms with Crippen LogP contribution < -0.4 is 11.1 Å². The molecule has 2 heterocycles. The molecule has 0 aliphatic carbocycles. The Kier molecular flexibility index (Phi) is 3.56. The van der Waals surface area contributed by atoms with E-state index in [2.05, 4.69) is 15.3 Å². The number of nitrogens with two attached hydrogens (primary N) is 1. The van der Waals surface area contributed by atoms with Gasteiger partial charge in [0.2, 0.25) is 0 Å². The van der Waals surface area contributed by atoms with E-state index in [1.165, 1.54) is 0 Å². The van der Waals surface area contributed by atoms with Gasteiger partial charge in [0.25, 0.3) is 0 Å². The lowest BCUT2D eigenvalue weighted by Crippen LogP contribution is -2.19. The third-order valence-electron chi connectivity index (χ3n) is 2.56. The van der Waals surface area contributed by atoms with Gasteiger partial charge >= 0.3 is 0 Å². The predicted molar refractivity (Wildman–Crippen MR) is 68.8 cm³/mol. The maximum atomic E-state index is 5.95. The second-order valence-corrected chi connectivity index (χ2v) is 4.07. The molecule has 0 aromatic carbocycles. The van der Waals surface area contributed by atoms with Crippen molar-refractivity contribution in [2.45, 2.75) is 6.04 Å². The number of hydrogen-bond donors (Lipinski definition) is 2. The van der Waals surface area contributed by atoms with Gasteiger partial charge in [-0.05, 0) is 30.8 Å². The van der Waals surface area contributed by atoms with E-state index in [1.54, 1.807) is 18.6 Å². The number of pyridine rings is 2. The molecule has 0 spiro atoms. The third-order valence-corrected chi connectivity index (χ3v) is 2.76. The molecule has 0 aliphatic heterocycles. The largest absolute Gasteiger partial charge is 0.383 e. The van der Waals surface area contributed by atoms with Crippen molar-refractivity contribution in [2.24, 2.45) is 0 Å². The first kappa shape index (κ1) is 11.8. The van der Waals surface area contributed by atoms with Crippen LogP contribution in [0.4, 0.5) is 5.82 Å². The first-order valence-corrected chi connectivity index (χ1v) is 5.58. The van der Waals surface area contributed by atoms with E-state index < -0.39 is 0 Å². The number of nitrogen functional groups attached to an aromatic ring is 1. The molecule has 2 aromatic heterocycles. The van der Waals surface area contributed by atoms with Crippen molar-refractivity contribution in [1.82, 2.24) is 15.3 Å². The van der Waals surface area contributed by atoms with E-state index in [0.717, 1.165) is 11.1 Å². The van der Waals surface area contributed by atoms with E-state index in [0.29, 0.717) is 10.8 Å². The Morgan fingerprint density at radius 3 is 2.71 bits per heavy atom. The maximum absolute atomic E-state index is 5.95. The fraction of sp³-hybridized carbons (Fsp3) is 0.167. The number of hydrogen-bond acceptors (Lipinski definition) is 4. The summed E-state index contributed by atoms with van der Waals surface area (Å²) in [5.74, 6) is 0.477. The lowest BCUT2D eigenvalue weighted by Gasteiger charge is -2.18. The summed E-state index contributed by atoms with van der Waals surface area (Å²) in [6, 6.07) is 5.65. The number of rotatable bonds is 3. The van der Waals surface area contributed by atoms with Crippen LogP contribution in [0.2, 0.25) is 5.02 Å². The number of nitrogens with zero attached hydrogens (tertiary/aromatic N) is 2. The fourth-order valence-electron chi connectivity index (χ4n) is 1.75. The minimum absolute atomic E-state index is 0.0378. The minimum atomic E-state index is -0.0378. The molecule has 5 heteroatoms. The molecule has 0 radical (unpaired) electrons. The van der Waals surface area contributed by atoms with Gasteiger partial charge in [-0.2, -0.15) is 0 Å². The summed E-state index contributed by atoms with van der Waals surface area (Å²) < 4.78 is 0. The van der Waals surface area contributed by atoms with Crippen LogP contribution in [-0.2, 0) is 0 Å². The van der Waals surface area contributed by atoms with Gasteiger partial charge in [-0.25, -0.2) is 4.98 Å². The zero-order valence-corrected chi connectivity index (χ0v) is 10.1. The molecule has 2 rings (SSSR count). The van der Waals surface area contributed by atoms with E-state index >= 15 is 0 Å². The van der Waals surface area contributed by atoms with Gasteiger partial charge in [0.05, 0.1) is 11.1 Å². The van der Waals surface area contributed by atoms with E-state index in [1.807, 2.05) is 25.2 Å². The summed E-state index contributed by atoms with van der Waals surface area (Å²) in [5.41, 5.74) is 7.81. The van der Waals surface area contributed by atoms with Crippen LogP contribution in [0, 0.1) is 0 Å². The lowest BCUT2D eigenvalue weighted by atomic mass is 10.0. The van der Waals surface area contributed by atoms with Gasteiger partial charge < -0.3 is 11.1 Å². The van der Waals surface area contributed by atoms with Gasteiger partial charge in [0.15, 0.2) is 0 Å². The highest BCUT2D eigenvalue weighted by atomic mass is 35.5. The van der Waals surface area contributed by atoms with Crippen LogP contribution in [0.3, 0.4) is 0 Å². The molecule has 0 amide bonds. The molecular weight excluding hydrogens is 236 g/mol. The summed E-state index contributed by atoms with van der Waals surface area (Å²) in [6.07, 6.45) is 5.03. The first-order valence-electron chi connectivity index (χ1n) is 5.20. The van der Waals surface area contributed by atoms with Crippen molar-refractivity contribution in [3.8, 4) is 0 Å². The Labute approximate surface area is 105 Å². The standard InChI is InChI=1S/C12H13ClN4/c1-15-11(8-2-4-16-5-3-8)10-6-9(13)7-17-12(10)14/h2-7,11,15H,1H3,(H2,14,17). The zero-order chi connectivity index (χ0) is 12.3. The highest BCUT2D eigenvalue weighted by Gasteiger charge is 2.15. The second-order valence-electron chi connectivity index (χ2n) is 3.63. The van der Waals surface area contributed by atoms with Crippen molar-refractivity contribution >= 4 is 17.4 Å². The van der Waals surface area contributed by atoms with Crippen LogP contribution >= 0.6 is 11.6 Å². The molecule has 0 fully saturated rings. The summed E-state index contributed by atoms with van der Waals surface area (Å²) >= 11 is 5.95. The molecular formula is C12H13ClN4. The van der Waals surface area contributed by atoms with Crippen molar-refractivity contribution in [1.29, 1.82) is 0 Å². The van der Waals surface area contributed by atoms with Crippen LogP contribution in [0.15, 0.2) is 36.8 Å². The number of halogens is 1. The van der Waals surface area contributed by atoms with E-state index in [9.17, 15) is 0 Å². The number of anilines is 1. The lowest BCUT2D eigenvalue weighted by molar-refractivity contribution is 0.690. The van der Waals surface area contributed by atoms with Gasteiger partial charge in [0.1, 0.15) is 5.82 Å². The molecule has 0 saturated carbocycles. The average molecular weight is 249 g/mol. The molecule has 0 bridgehead atoms. The second kappa shape index (κ2) is 5.12. The van der Waals surface area contributed by atoms with Crippen LogP contribution in [0.25, 0.3) is 0 Å². The van der Waals surface area contributed by atoms with Crippen molar-refractivity contribution in [3.63, 3.8) is 0 Å². The number of nitrogens with one attached hydrogen (secondary N) is 1. The Balaban J connectivity index is 2.46. The topological polar surface area (TPSA) is 63.8 Å². The molecule has 4 nitrogen and oxygen atoms in total. The van der Waals surface area contributed by atoms with Crippen molar-refractivity contribution < 1.29 is 0 Å². The first-order chi connectivity index (χ1) is 8.22. The molecule has 2 aromatic rings. The zero-order valence-electron chi connectivity index (χ0n) is 9.39. The molecule has 88 valence electrons. The molecule has 0 saturated heterocycles. The fourth-order valence-corrected chi connectivity index (χ4v) is 1.92. The van der Waals surface area contributed by atoms with Crippen molar-refractivity contribution in [2.75, 3.05) is 12.8 Å². The summed E-state index contributed by atoms with van der Waals surface area (Å²) in [6.45, 7) is 0. The summed E-state index contributed by atoms with van der Waals surface area (Å²) in [5, 5.41) is 3.77. The quantitative estimate of drug-likeness (QED) is 0.872. The van der Waals surface area contributed by atoms with Gasteiger partial charge in [-0.15, -0.1) is 0 Å². The van der Waals surface area contributed by atoms with Gasteiger partial charge in [-0.1, -0.05) is 11.6 Å². The molecule has 1 atom stereocenters. The Morgan fingerprint density at radius 2 is 2.06 bits per heavy atom. The van der Waals surface area contributed by atoms with Crippen molar-refractivity contribution in [3.05, 3.63) is 52.9 Å². The molecule has 17 heavy (non-hydrogen) atoms. The number of aromatic nitrogens is 2. The maximum Gasteiger partial charge on any atom is 0.128 e. The Morgan fingerprint density at radius 1 is 1.35 bits per heavy atom. The monoisotopic (exact) mass is 248 g/mol. The highest BCUT2D eigenvalue weighted by molar-refractivity contribution is 6.30. The van der Waals surface area contributed by atoms with E-state index in [-0.39, 0.29) is 6.04 Å². The SMILES string of the molecule is CNC(c1ccncc1)c1cc(Cl)cnc1N. The third kappa shape index (κ3) is 2.54. The van der Waals surface area contributed by atoms with Crippen LogP contribution in [0.5, 0.6) is 0 Å². The molecule has 1 unspecified atom stereocenters. The average Bonchev–Trinajstić information content (AvgIpc) is 2.36. The molecule has 3 N–H and O–H groups in total. The highest BCUT2D eigenvalue weighted by Crippen LogP contribution is 2.26.